The minimum absolute atomic E-state index is 0. The van der Waals surface area contributed by atoms with Crippen molar-refractivity contribution in [3.8, 4) is 0 Å². The van der Waals surface area contributed by atoms with Gasteiger partial charge in [0.2, 0.25) is 6.17 Å². The van der Waals surface area contributed by atoms with Crippen molar-refractivity contribution in [1.29, 1.82) is 0 Å². The van der Waals surface area contributed by atoms with Gasteiger partial charge in [-0.1, -0.05) is 0 Å². The maximum atomic E-state index is 13.4. The summed E-state index contributed by atoms with van der Waals surface area (Å²) in [6.07, 6.45) is -1.91. The highest BCUT2D eigenvalue weighted by Crippen LogP contribution is 2.23. The smallest absolute Gasteiger partial charge is 0.342 e. The quantitative estimate of drug-likeness (QED) is 0.866. The number of ether oxygens (including phenoxy) is 1. The molecule has 0 spiro atoms. The number of hydrogen-bond acceptors (Lipinski definition) is 4. The van der Waals surface area contributed by atoms with Gasteiger partial charge in [-0.2, -0.15) is 0 Å². The maximum Gasteiger partial charge on any atom is 0.342 e. The third-order valence-corrected chi connectivity index (χ3v) is 2.18. The van der Waals surface area contributed by atoms with E-state index in [9.17, 15) is 9.18 Å². The topological polar surface area (TPSA) is 65.5 Å². The Labute approximate surface area is 107 Å². The third kappa shape index (κ3) is 3.77. The molecule has 0 aromatic carbocycles. The summed E-state index contributed by atoms with van der Waals surface area (Å²) >= 11 is 3.06. The summed E-state index contributed by atoms with van der Waals surface area (Å²) in [6, 6.07) is 1.93. The normalized spacial score (nSPS) is 13.8. The van der Waals surface area contributed by atoms with E-state index in [-0.39, 0.29) is 24.8 Å². The summed E-state index contributed by atoms with van der Waals surface area (Å²) in [5.74, 6) is -0.778. The average molecular weight is 317 g/mol. The molecule has 4 nitrogen and oxygen atoms in total. The lowest BCUT2D eigenvalue weighted by Gasteiger charge is -2.12. The summed E-state index contributed by atoms with van der Waals surface area (Å²) in [7, 11) is 0. The Hall–Kier alpha value is -0.590. The third-order valence-electron chi connectivity index (χ3n) is 1.75. The Morgan fingerprint density at radius 3 is 2.75 bits per heavy atom. The van der Waals surface area contributed by atoms with Gasteiger partial charge < -0.3 is 14.9 Å². The van der Waals surface area contributed by atoms with E-state index in [1.165, 1.54) is 6.07 Å². The molecule has 2 N–H and O–H groups in total. The SMILES string of the molecule is CCOC(=O)C(F)[C@H](N)c1ccc(Br)o1.Cl. The van der Waals surface area contributed by atoms with E-state index >= 15 is 0 Å². The molecule has 1 unspecified atom stereocenters. The first-order valence-corrected chi connectivity index (χ1v) is 5.17. The molecule has 0 fully saturated rings. The number of carbonyl (C=O) groups excluding carboxylic acids is 1. The van der Waals surface area contributed by atoms with Gasteiger partial charge >= 0.3 is 5.97 Å². The van der Waals surface area contributed by atoms with Crippen LogP contribution in [0.4, 0.5) is 4.39 Å². The molecule has 92 valence electrons. The predicted octanol–water partition coefficient (Wildman–Crippen LogP) is 2.36. The molecule has 0 aliphatic rings. The van der Waals surface area contributed by atoms with Crippen LogP contribution in [-0.4, -0.2) is 18.7 Å². The molecule has 0 aliphatic heterocycles. The van der Waals surface area contributed by atoms with Gasteiger partial charge in [0.25, 0.3) is 0 Å². The van der Waals surface area contributed by atoms with Gasteiger partial charge in [-0.3, -0.25) is 0 Å². The molecule has 16 heavy (non-hydrogen) atoms. The van der Waals surface area contributed by atoms with E-state index in [0.29, 0.717) is 4.67 Å². The Kier molecular flexibility index (Phi) is 6.62. The van der Waals surface area contributed by atoms with Crippen molar-refractivity contribution >= 4 is 34.3 Å². The minimum Gasteiger partial charge on any atom is -0.464 e. The standard InChI is InChI=1S/C9H11BrFNO3.ClH/c1-2-14-9(13)7(11)8(12)5-3-4-6(10)15-5;/h3-4,7-8H,2,12H2,1H3;1H/t7?,8-;/m1./s1. The second-order valence-corrected chi connectivity index (χ2v) is 3.60. The zero-order chi connectivity index (χ0) is 11.4. The van der Waals surface area contributed by atoms with E-state index in [0.717, 1.165) is 0 Å². The van der Waals surface area contributed by atoms with E-state index in [1.807, 2.05) is 0 Å². The van der Waals surface area contributed by atoms with Crippen LogP contribution in [0.1, 0.15) is 18.7 Å². The zero-order valence-electron chi connectivity index (χ0n) is 8.48. The molecule has 0 saturated carbocycles. The summed E-state index contributed by atoms with van der Waals surface area (Å²) in [6.45, 7) is 1.72. The number of hydrogen-bond donors (Lipinski definition) is 1. The summed E-state index contributed by atoms with van der Waals surface area (Å²) in [5, 5.41) is 0. The molecule has 1 rings (SSSR count). The Balaban J connectivity index is 0.00000225. The zero-order valence-corrected chi connectivity index (χ0v) is 10.9. The first kappa shape index (κ1) is 15.4. The number of esters is 1. The van der Waals surface area contributed by atoms with Crippen molar-refractivity contribution in [1.82, 2.24) is 0 Å². The number of nitrogens with two attached hydrogens (primary N) is 1. The molecule has 1 heterocycles. The van der Waals surface area contributed by atoms with Crippen LogP contribution in [0.15, 0.2) is 21.2 Å². The van der Waals surface area contributed by atoms with Gasteiger partial charge in [-0.05, 0) is 35.0 Å². The van der Waals surface area contributed by atoms with Crippen molar-refractivity contribution in [2.75, 3.05) is 6.61 Å². The van der Waals surface area contributed by atoms with Crippen LogP contribution in [0.2, 0.25) is 0 Å². The minimum atomic E-state index is -1.91. The molecule has 2 atom stereocenters. The van der Waals surface area contributed by atoms with Gasteiger partial charge in [-0.25, -0.2) is 9.18 Å². The number of furan rings is 1. The first-order chi connectivity index (χ1) is 7.06. The lowest BCUT2D eigenvalue weighted by molar-refractivity contribution is -0.150. The van der Waals surface area contributed by atoms with Crippen LogP contribution in [0.25, 0.3) is 0 Å². The van der Waals surface area contributed by atoms with Gasteiger partial charge in [0.1, 0.15) is 11.8 Å². The van der Waals surface area contributed by atoms with Crippen molar-refractivity contribution in [3.05, 3.63) is 22.6 Å². The van der Waals surface area contributed by atoms with E-state index in [2.05, 4.69) is 20.7 Å². The van der Waals surface area contributed by atoms with E-state index in [4.69, 9.17) is 10.2 Å². The van der Waals surface area contributed by atoms with Crippen molar-refractivity contribution in [3.63, 3.8) is 0 Å². The molecule has 0 bridgehead atoms. The number of rotatable bonds is 4. The largest absolute Gasteiger partial charge is 0.464 e. The monoisotopic (exact) mass is 315 g/mol. The highest BCUT2D eigenvalue weighted by atomic mass is 79.9. The molecule has 1 aromatic heterocycles. The Bertz CT molecular complexity index is 347. The summed E-state index contributed by atoms with van der Waals surface area (Å²) in [4.78, 5) is 11.0. The fraction of sp³-hybridized carbons (Fsp3) is 0.444. The van der Waals surface area contributed by atoms with E-state index in [1.54, 1.807) is 13.0 Å². The first-order valence-electron chi connectivity index (χ1n) is 4.37. The van der Waals surface area contributed by atoms with Gasteiger partial charge in [-0.15, -0.1) is 12.4 Å². The predicted molar refractivity (Wildman–Crippen MR) is 62.1 cm³/mol. The second kappa shape index (κ2) is 6.88. The molecule has 1 aromatic rings. The number of alkyl halides is 1. The summed E-state index contributed by atoms with van der Waals surface area (Å²) < 4.78 is 23.4. The lowest BCUT2D eigenvalue weighted by atomic mass is 10.1. The molecule has 0 amide bonds. The average Bonchev–Trinajstić information content (AvgIpc) is 2.63. The molecule has 0 aliphatic carbocycles. The van der Waals surface area contributed by atoms with Crippen LogP contribution in [0.3, 0.4) is 0 Å². The number of carbonyl (C=O) groups is 1. The van der Waals surface area contributed by atoms with Crippen LogP contribution in [0.5, 0.6) is 0 Å². The Morgan fingerprint density at radius 2 is 2.31 bits per heavy atom. The molecular weight excluding hydrogens is 304 g/mol. The van der Waals surface area contributed by atoms with Crippen molar-refractivity contribution in [2.45, 2.75) is 19.1 Å². The molecular formula is C9H12BrClFNO3. The van der Waals surface area contributed by atoms with Crippen molar-refractivity contribution in [2.24, 2.45) is 5.73 Å². The van der Waals surface area contributed by atoms with Crippen molar-refractivity contribution < 1.29 is 18.3 Å². The van der Waals surface area contributed by atoms with E-state index < -0.39 is 18.2 Å². The molecule has 7 heteroatoms. The van der Waals surface area contributed by atoms with Crippen LogP contribution in [0, 0.1) is 0 Å². The second-order valence-electron chi connectivity index (χ2n) is 2.82. The van der Waals surface area contributed by atoms with Gasteiger partial charge in [0, 0.05) is 0 Å². The fourth-order valence-corrected chi connectivity index (χ4v) is 1.34. The molecule has 0 radical (unpaired) electrons. The van der Waals surface area contributed by atoms with Crippen LogP contribution in [-0.2, 0) is 9.53 Å². The fourth-order valence-electron chi connectivity index (χ4n) is 1.02. The van der Waals surface area contributed by atoms with Gasteiger partial charge in [0.05, 0.1) is 6.61 Å². The van der Waals surface area contributed by atoms with Crippen LogP contribution < -0.4 is 5.73 Å². The maximum absolute atomic E-state index is 13.4. The Morgan fingerprint density at radius 1 is 1.69 bits per heavy atom. The molecule has 0 saturated heterocycles. The van der Waals surface area contributed by atoms with Crippen LogP contribution >= 0.6 is 28.3 Å². The summed E-state index contributed by atoms with van der Waals surface area (Å²) in [5.41, 5.74) is 5.49. The van der Waals surface area contributed by atoms with Gasteiger partial charge in [0.15, 0.2) is 4.67 Å². The lowest BCUT2D eigenvalue weighted by Crippen LogP contribution is -2.31. The number of halogens is 3. The highest BCUT2D eigenvalue weighted by Gasteiger charge is 2.29. The highest BCUT2D eigenvalue weighted by molar-refractivity contribution is 9.10.